The maximum Gasteiger partial charge on any atom is 0.0278 e. The van der Waals surface area contributed by atoms with Crippen LogP contribution in [0, 0.1) is 5.92 Å². The summed E-state index contributed by atoms with van der Waals surface area (Å²) >= 11 is 3.44. The number of nitrogens with two attached hydrogens (primary N) is 1. The summed E-state index contributed by atoms with van der Waals surface area (Å²) in [5, 5.41) is 0. The molecule has 0 aliphatic rings. The molecule has 16 heavy (non-hydrogen) atoms. The molecule has 0 heterocycles. The molecule has 90 valence electrons. The van der Waals surface area contributed by atoms with E-state index in [4.69, 9.17) is 5.84 Å². The number of rotatable bonds is 6. The molecule has 0 saturated heterocycles. The highest BCUT2D eigenvalue weighted by atomic mass is 79.9. The summed E-state index contributed by atoms with van der Waals surface area (Å²) in [6.07, 6.45) is 3.33. The second-order valence-electron chi connectivity index (χ2n) is 4.18. The third kappa shape index (κ3) is 3.89. The normalized spacial score (nSPS) is 13.1. The highest BCUT2D eigenvalue weighted by Gasteiger charge is 2.17. The maximum absolute atomic E-state index is 5.64. The molecule has 3 heteroatoms. The summed E-state index contributed by atoms with van der Waals surface area (Å²) in [5.41, 5.74) is 4.29. The van der Waals surface area contributed by atoms with Gasteiger partial charge in [-0.3, -0.25) is 11.3 Å². The van der Waals surface area contributed by atoms with E-state index in [-0.39, 0.29) is 0 Å². The Labute approximate surface area is 107 Å². The van der Waals surface area contributed by atoms with Crippen LogP contribution in [0.5, 0.6) is 0 Å². The molecule has 0 spiro atoms. The Balaban J connectivity index is 2.65. The summed E-state index contributed by atoms with van der Waals surface area (Å²) in [5.74, 6) is 6.29. The molecule has 1 atom stereocenters. The molecule has 0 amide bonds. The van der Waals surface area contributed by atoms with Crippen LogP contribution in [0.2, 0.25) is 0 Å². The molecule has 0 saturated carbocycles. The first-order valence-corrected chi connectivity index (χ1v) is 6.71. The average molecular weight is 285 g/mol. The number of hydrogen-bond donors (Lipinski definition) is 2. The van der Waals surface area contributed by atoms with Crippen LogP contribution in [-0.4, -0.2) is 6.04 Å². The Hall–Kier alpha value is -0.380. The molecule has 1 rings (SSSR count). The fraction of sp³-hybridized carbons (Fsp3) is 0.538. The summed E-state index contributed by atoms with van der Waals surface area (Å²) in [6.45, 7) is 4.44. The lowest BCUT2D eigenvalue weighted by molar-refractivity contribution is 0.335. The second-order valence-corrected chi connectivity index (χ2v) is 5.10. The zero-order chi connectivity index (χ0) is 12.0. The van der Waals surface area contributed by atoms with Crippen LogP contribution in [0.25, 0.3) is 0 Å². The van der Waals surface area contributed by atoms with Crippen molar-refractivity contribution in [1.29, 1.82) is 0 Å². The minimum atomic E-state index is 0.371. The zero-order valence-corrected chi connectivity index (χ0v) is 11.6. The van der Waals surface area contributed by atoms with Gasteiger partial charge in [0.15, 0.2) is 0 Å². The lowest BCUT2D eigenvalue weighted by Crippen LogP contribution is -2.42. The number of benzene rings is 1. The monoisotopic (exact) mass is 284 g/mol. The van der Waals surface area contributed by atoms with Crippen molar-refractivity contribution in [3.8, 4) is 0 Å². The highest BCUT2D eigenvalue weighted by Crippen LogP contribution is 2.18. The van der Waals surface area contributed by atoms with Crippen molar-refractivity contribution in [2.75, 3.05) is 0 Å². The van der Waals surface area contributed by atoms with Crippen LogP contribution >= 0.6 is 15.9 Å². The zero-order valence-electron chi connectivity index (χ0n) is 10.0. The van der Waals surface area contributed by atoms with E-state index in [2.05, 4.69) is 59.5 Å². The van der Waals surface area contributed by atoms with Crippen LogP contribution < -0.4 is 11.3 Å². The molecular formula is C13H21BrN2. The molecule has 1 unspecified atom stereocenters. The number of hydrogen-bond acceptors (Lipinski definition) is 2. The quantitative estimate of drug-likeness (QED) is 0.622. The molecule has 0 aliphatic heterocycles. The molecule has 1 aromatic carbocycles. The van der Waals surface area contributed by atoms with Crippen LogP contribution in [0.1, 0.15) is 32.3 Å². The van der Waals surface area contributed by atoms with Crippen LogP contribution in [-0.2, 0) is 6.42 Å². The SMILES string of the molecule is CCC(CC)C(Cc1ccc(Br)cc1)NN. The van der Waals surface area contributed by atoms with Crippen molar-refractivity contribution in [3.05, 3.63) is 34.3 Å². The molecule has 2 nitrogen and oxygen atoms in total. The van der Waals surface area contributed by atoms with Crippen LogP contribution in [0.4, 0.5) is 0 Å². The van der Waals surface area contributed by atoms with Crippen molar-refractivity contribution in [3.63, 3.8) is 0 Å². The Bertz CT molecular complexity index is 293. The van der Waals surface area contributed by atoms with Gasteiger partial charge in [-0.15, -0.1) is 0 Å². The van der Waals surface area contributed by atoms with Gasteiger partial charge < -0.3 is 0 Å². The van der Waals surface area contributed by atoms with E-state index in [1.807, 2.05) is 0 Å². The molecule has 0 fully saturated rings. The first kappa shape index (κ1) is 13.7. The Morgan fingerprint density at radius 2 is 1.75 bits per heavy atom. The second kappa shape index (κ2) is 7.05. The summed E-state index contributed by atoms with van der Waals surface area (Å²) < 4.78 is 1.12. The Morgan fingerprint density at radius 1 is 1.19 bits per heavy atom. The molecule has 0 aliphatic carbocycles. The van der Waals surface area contributed by atoms with Gasteiger partial charge in [0.25, 0.3) is 0 Å². The van der Waals surface area contributed by atoms with Gasteiger partial charge in [-0.1, -0.05) is 54.8 Å². The van der Waals surface area contributed by atoms with Crippen molar-refractivity contribution in [2.45, 2.75) is 39.2 Å². The van der Waals surface area contributed by atoms with E-state index in [1.165, 1.54) is 18.4 Å². The van der Waals surface area contributed by atoms with Gasteiger partial charge in [-0.2, -0.15) is 0 Å². The fourth-order valence-electron chi connectivity index (χ4n) is 2.09. The number of halogens is 1. The first-order chi connectivity index (χ1) is 7.71. The predicted molar refractivity (Wildman–Crippen MR) is 73.0 cm³/mol. The molecular weight excluding hydrogens is 264 g/mol. The summed E-state index contributed by atoms with van der Waals surface area (Å²) in [6, 6.07) is 8.83. The third-order valence-electron chi connectivity index (χ3n) is 3.20. The van der Waals surface area contributed by atoms with Gasteiger partial charge >= 0.3 is 0 Å². The largest absolute Gasteiger partial charge is 0.271 e. The minimum absolute atomic E-state index is 0.371. The Morgan fingerprint density at radius 3 is 2.19 bits per heavy atom. The molecule has 0 radical (unpaired) electrons. The van der Waals surface area contributed by atoms with Crippen molar-refractivity contribution in [2.24, 2.45) is 11.8 Å². The summed E-state index contributed by atoms with van der Waals surface area (Å²) in [4.78, 5) is 0. The molecule has 1 aromatic rings. The fourth-order valence-corrected chi connectivity index (χ4v) is 2.36. The topological polar surface area (TPSA) is 38.0 Å². The van der Waals surface area contributed by atoms with E-state index in [0.29, 0.717) is 12.0 Å². The smallest absolute Gasteiger partial charge is 0.0278 e. The predicted octanol–water partition coefficient (Wildman–Crippen LogP) is 3.26. The average Bonchev–Trinajstić information content (AvgIpc) is 2.32. The Kier molecular flexibility index (Phi) is 6.03. The van der Waals surface area contributed by atoms with Gasteiger partial charge in [-0.05, 0) is 30.0 Å². The number of nitrogens with one attached hydrogen (secondary N) is 1. The van der Waals surface area contributed by atoms with E-state index in [1.54, 1.807) is 0 Å². The number of hydrazine groups is 1. The van der Waals surface area contributed by atoms with Crippen molar-refractivity contribution in [1.82, 2.24) is 5.43 Å². The van der Waals surface area contributed by atoms with E-state index in [0.717, 1.165) is 10.9 Å². The highest BCUT2D eigenvalue weighted by molar-refractivity contribution is 9.10. The van der Waals surface area contributed by atoms with Crippen LogP contribution in [0.15, 0.2) is 28.7 Å². The molecule has 0 bridgehead atoms. The van der Waals surface area contributed by atoms with E-state index in [9.17, 15) is 0 Å². The minimum Gasteiger partial charge on any atom is -0.271 e. The van der Waals surface area contributed by atoms with Crippen LogP contribution in [0.3, 0.4) is 0 Å². The van der Waals surface area contributed by atoms with Crippen molar-refractivity contribution < 1.29 is 0 Å². The van der Waals surface area contributed by atoms with Gasteiger partial charge in [0.05, 0.1) is 0 Å². The molecule has 0 aromatic heterocycles. The van der Waals surface area contributed by atoms with Gasteiger partial charge in [0.1, 0.15) is 0 Å². The maximum atomic E-state index is 5.64. The summed E-state index contributed by atoms with van der Waals surface area (Å²) in [7, 11) is 0. The van der Waals surface area contributed by atoms with Gasteiger partial charge in [0.2, 0.25) is 0 Å². The van der Waals surface area contributed by atoms with Crippen molar-refractivity contribution >= 4 is 15.9 Å². The standard InChI is InChI=1S/C13H21BrN2/c1-3-11(4-2)13(16-15)9-10-5-7-12(14)8-6-10/h5-8,11,13,16H,3-4,9,15H2,1-2H3. The lowest BCUT2D eigenvalue weighted by atomic mass is 9.90. The first-order valence-electron chi connectivity index (χ1n) is 5.91. The van der Waals surface area contributed by atoms with Gasteiger partial charge in [-0.25, -0.2) is 0 Å². The van der Waals surface area contributed by atoms with E-state index < -0.39 is 0 Å². The van der Waals surface area contributed by atoms with E-state index >= 15 is 0 Å². The lowest BCUT2D eigenvalue weighted by Gasteiger charge is -2.24. The van der Waals surface area contributed by atoms with Gasteiger partial charge in [0, 0.05) is 10.5 Å². The molecule has 3 N–H and O–H groups in total. The third-order valence-corrected chi connectivity index (χ3v) is 3.73.